The summed E-state index contributed by atoms with van der Waals surface area (Å²) in [5, 5.41) is 11.3. The number of nitrogens with zero attached hydrogens (tertiary/aromatic N) is 2. The van der Waals surface area contributed by atoms with Gasteiger partial charge in [-0.25, -0.2) is 0 Å². The topological polar surface area (TPSA) is 32.8 Å². The average Bonchev–Trinajstić information content (AvgIpc) is 3.88. The molecule has 74 heavy (non-hydrogen) atoms. The Morgan fingerprint density at radius 1 is 0.230 bits per heavy atom. The first-order chi connectivity index (χ1) is 35.1. The van der Waals surface area contributed by atoms with Gasteiger partial charge in [0.25, 0.3) is 0 Å². The molecule has 12 aromatic rings. The van der Waals surface area contributed by atoms with E-state index in [4.69, 9.17) is 8.83 Å². The number of hydrogen-bond donors (Lipinski definition) is 0. The molecule has 4 heteroatoms. The van der Waals surface area contributed by atoms with E-state index >= 15 is 0 Å². The van der Waals surface area contributed by atoms with Crippen molar-refractivity contribution in [2.75, 3.05) is 9.80 Å². The minimum Gasteiger partial charge on any atom is -0.456 e. The maximum absolute atomic E-state index is 6.74. The normalized spacial score (nSPS) is 12.9. The molecule has 0 amide bonds. The van der Waals surface area contributed by atoms with E-state index in [1.54, 1.807) is 0 Å². The fraction of sp³-hybridized carbons (Fsp3) is 0.229. The third-order valence-electron chi connectivity index (χ3n) is 15.4. The molecule has 2 aromatic heterocycles. The maximum atomic E-state index is 6.74. The highest BCUT2D eigenvalue weighted by atomic mass is 16.3. The third-order valence-corrected chi connectivity index (χ3v) is 15.4. The Morgan fingerprint density at radius 3 is 0.703 bits per heavy atom. The summed E-state index contributed by atoms with van der Waals surface area (Å²) in [6.45, 7) is 27.2. The third kappa shape index (κ3) is 8.44. The lowest BCUT2D eigenvalue weighted by atomic mass is 9.86. The van der Waals surface area contributed by atoms with Crippen LogP contribution in [0.2, 0.25) is 0 Å². The van der Waals surface area contributed by atoms with Crippen molar-refractivity contribution in [2.45, 2.75) is 105 Å². The van der Waals surface area contributed by atoms with E-state index < -0.39 is 0 Å². The summed E-state index contributed by atoms with van der Waals surface area (Å²) in [6, 6.07) is 67.7. The van der Waals surface area contributed by atoms with Gasteiger partial charge in [0, 0.05) is 55.7 Å². The van der Waals surface area contributed by atoms with Crippen LogP contribution in [-0.2, 0) is 21.7 Å². The van der Waals surface area contributed by atoms with Gasteiger partial charge >= 0.3 is 0 Å². The first-order valence-electron chi connectivity index (χ1n) is 26.3. The Labute approximate surface area is 435 Å². The van der Waals surface area contributed by atoms with Gasteiger partial charge in [-0.1, -0.05) is 144 Å². The molecule has 0 atom stereocenters. The van der Waals surface area contributed by atoms with Crippen molar-refractivity contribution in [3.63, 3.8) is 0 Å². The Morgan fingerprint density at radius 2 is 0.446 bits per heavy atom. The predicted octanol–water partition coefficient (Wildman–Crippen LogP) is 21.1. The first-order valence-corrected chi connectivity index (χ1v) is 26.3. The molecule has 0 aliphatic heterocycles. The monoisotopic (exact) mass is 967 g/mol. The lowest BCUT2D eigenvalue weighted by Gasteiger charge is -2.28. The lowest BCUT2D eigenvalue weighted by Crippen LogP contribution is -2.14. The fourth-order valence-corrected chi connectivity index (χ4v) is 10.9. The van der Waals surface area contributed by atoms with Crippen LogP contribution in [0.5, 0.6) is 0 Å². The minimum atomic E-state index is 0.0658. The second kappa shape index (κ2) is 16.9. The van der Waals surface area contributed by atoms with Gasteiger partial charge in [0.05, 0.1) is 0 Å². The smallest absolute Gasteiger partial charge is 0.136 e. The quantitative estimate of drug-likeness (QED) is 0.166. The highest BCUT2D eigenvalue weighted by Crippen LogP contribution is 2.44. The van der Waals surface area contributed by atoms with Gasteiger partial charge in [0.2, 0.25) is 0 Å². The van der Waals surface area contributed by atoms with E-state index in [1.165, 1.54) is 33.0 Å². The average molecular weight is 967 g/mol. The standard InChI is InChI=1S/C70H66N2O2/c1-67(2,3)49-15-25-53(26-16-49)71(54-27-17-50(18-28-54)68(4,5)6)57-23-13-43-35-59-61-37-47-38-62-60-36-44-14-24-58(34-46(44)40-64(60)74-66(62)42-48(47)41-65(61)73-63(59)39-45(43)33-57)72(55-29-19-51(20-30-55)69(7,8)9)56-31-21-52(22-32-56)70(10,11)12/h13-42H,1-12H3. The summed E-state index contributed by atoms with van der Waals surface area (Å²) in [6.07, 6.45) is 0. The molecule has 0 spiro atoms. The van der Waals surface area contributed by atoms with E-state index in [0.29, 0.717) is 0 Å². The number of rotatable bonds is 6. The molecule has 2 heterocycles. The lowest BCUT2D eigenvalue weighted by molar-refractivity contribution is 0.590. The van der Waals surface area contributed by atoms with Crippen molar-refractivity contribution in [1.82, 2.24) is 0 Å². The van der Waals surface area contributed by atoms with Crippen molar-refractivity contribution in [2.24, 2.45) is 0 Å². The van der Waals surface area contributed by atoms with Crippen LogP contribution in [0.1, 0.15) is 105 Å². The largest absolute Gasteiger partial charge is 0.456 e. The molecule has 0 saturated heterocycles. The zero-order chi connectivity index (χ0) is 51.6. The minimum absolute atomic E-state index is 0.0658. The van der Waals surface area contributed by atoms with Gasteiger partial charge in [-0.05, 0) is 198 Å². The van der Waals surface area contributed by atoms with Crippen molar-refractivity contribution in [1.29, 1.82) is 0 Å². The summed E-state index contributed by atoms with van der Waals surface area (Å²) >= 11 is 0. The molecule has 0 unspecified atom stereocenters. The molecule has 368 valence electrons. The van der Waals surface area contributed by atoms with Gasteiger partial charge in [-0.2, -0.15) is 0 Å². The van der Waals surface area contributed by atoms with E-state index in [2.05, 4.69) is 275 Å². The van der Waals surface area contributed by atoms with Crippen molar-refractivity contribution in [3.8, 4) is 0 Å². The Bertz CT molecular complexity index is 3740. The van der Waals surface area contributed by atoms with Crippen LogP contribution in [0.25, 0.3) is 76.2 Å². The molecule has 0 saturated carbocycles. The van der Waals surface area contributed by atoms with E-state index in [1.807, 2.05) is 0 Å². The van der Waals surface area contributed by atoms with Crippen LogP contribution in [0.3, 0.4) is 0 Å². The number of fused-ring (bicyclic) bond motifs is 9. The molecule has 4 nitrogen and oxygen atoms in total. The Balaban J connectivity index is 0.913. The number of hydrogen-bond acceptors (Lipinski definition) is 4. The van der Waals surface area contributed by atoms with Crippen molar-refractivity contribution >= 4 is 110 Å². The molecule has 0 radical (unpaired) electrons. The highest BCUT2D eigenvalue weighted by Gasteiger charge is 2.23. The molecule has 0 fully saturated rings. The van der Waals surface area contributed by atoms with Crippen LogP contribution in [0, 0.1) is 0 Å². The molecule has 0 N–H and O–H groups in total. The van der Waals surface area contributed by atoms with Gasteiger partial charge in [0.1, 0.15) is 22.3 Å². The summed E-state index contributed by atoms with van der Waals surface area (Å²) in [4.78, 5) is 4.73. The van der Waals surface area contributed by atoms with Crippen LogP contribution in [0.4, 0.5) is 34.1 Å². The van der Waals surface area contributed by atoms with Crippen LogP contribution < -0.4 is 9.80 Å². The molecule has 10 aromatic carbocycles. The predicted molar refractivity (Wildman–Crippen MR) is 318 cm³/mol. The Kier molecular flexibility index (Phi) is 10.8. The molecule has 12 rings (SSSR count). The second-order valence-corrected chi connectivity index (χ2v) is 24.9. The summed E-state index contributed by atoms with van der Waals surface area (Å²) in [7, 11) is 0. The van der Waals surface area contributed by atoms with Crippen LogP contribution in [-0.4, -0.2) is 0 Å². The zero-order valence-electron chi connectivity index (χ0n) is 45.0. The van der Waals surface area contributed by atoms with Gasteiger partial charge in [0.15, 0.2) is 0 Å². The molecule has 0 aliphatic carbocycles. The number of furan rings is 2. The van der Waals surface area contributed by atoms with Crippen molar-refractivity contribution < 1.29 is 8.83 Å². The number of benzene rings is 10. The van der Waals surface area contributed by atoms with Gasteiger partial charge < -0.3 is 18.6 Å². The zero-order valence-corrected chi connectivity index (χ0v) is 45.0. The highest BCUT2D eigenvalue weighted by molar-refractivity contribution is 6.18. The SMILES string of the molecule is CC(C)(C)c1ccc(N(c2ccc(C(C)(C)C)cc2)c2ccc3cc4c(cc3c2)oc2cc3cc5oc6cc7cc(N(c8ccc(C(C)(C)C)cc8)c8ccc(C(C)(C)C)cc8)ccc7cc6c5cc3cc24)cc1. The number of anilines is 6. The fourth-order valence-electron chi connectivity index (χ4n) is 10.9. The van der Waals surface area contributed by atoms with Gasteiger partial charge in [-0.15, -0.1) is 0 Å². The van der Waals surface area contributed by atoms with Crippen molar-refractivity contribution in [3.05, 3.63) is 204 Å². The molecular formula is C70H66N2O2. The van der Waals surface area contributed by atoms with E-state index in [9.17, 15) is 0 Å². The summed E-state index contributed by atoms with van der Waals surface area (Å²) in [5.74, 6) is 0. The Hall–Kier alpha value is -7.82. The second-order valence-electron chi connectivity index (χ2n) is 24.9. The van der Waals surface area contributed by atoms with Crippen LogP contribution in [0.15, 0.2) is 191 Å². The van der Waals surface area contributed by atoms with E-state index in [0.717, 1.165) is 99.5 Å². The molecule has 0 bridgehead atoms. The summed E-state index contributed by atoms with van der Waals surface area (Å²) in [5.41, 5.74) is 15.7. The maximum Gasteiger partial charge on any atom is 0.136 e. The summed E-state index contributed by atoms with van der Waals surface area (Å²) < 4.78 is 13.5. The molecular weight excluding hydrogens is 901 g/mol. The first kappa shape index (κ1) is 47.2. The van der Waals surface area contributed by atoms with Gasteiger partial charge in [-0.3, -0.25) is 0 Å². The molecule has 0 aliphatic rings. The van der Waals surface area contributed by atoms with Crippen LogP contribution >= 0.6 is 0 Å². The van der Waals surface area contributed by atoms with E-state index in [-0.39, 0.29) is 21.7 Å².